The summed E-state index contributed by atoms with van der Waals surface area (Å²) in [5.74, 6) is 0.710. The molecular weight excluding hydrogens is 737 g/mol. The van der Waals surface area contributed by atoms with E-state index in [0.29, 0.717) is 5.82 Å². The minimum absolute atomic E-state index is 0.446. The highest BCUT2D eigenvalue weighted by Crippen LogP contribution is 2.57. The van der Waals surface area contributed by atoms with Crippen LogP contribution in [0.15, 0.2) is 231 Å². The zero-order chi connectivity index (χ0) is 40.3. The SMILES string of the molecule is c1ccc(-c2cc(-c3ccc4c5ccccc5c5cccc(-c6ccc7c(c6)-c6ccccc6C7(c6ccccc6)c6ccccc6)c5c4c3)nc(-c3ccccc3)n2)cc1. The largest absolute Gasteiger partial charge is 0.228 e. The number of benzene rings is 10. The Kier molecular flexibility index (Phi) is 8.11. The zero-order valence-electron chi connectivity index (χ0n) is 33.3. The van der Waals surface area contributed by atoms with Gasteiger partial charge in [-0.25, -0.2) is 9.97 Å². The zero-order valence-corrected chi connectivity index (χ0v) is 33.3. The van der Waals surface area contributed by atoms with E-state index < -0.39 is 5.41 Å². The highest BCUT2D eigenvalue weighted by atomic mass is 14.9. The van der Waals surface area contributed by atoms with Gasteiger partial charge in [0.15, 0.2) is 5.82 Å². The van der Waals surface area contributed by atoms with Crippen LogP contribution in [0.25, 0.3) is 88.5 Å². The lowest BCUT2D eigenvalue weighted by atomic mass is 9.67. The molecule has 1 aliphatic rings. The van der Waals surface area contributed by atoms with E-state index in [9.17, 15) is 0 Å². The third-order valence-electron chi connectivity index (χ3n) is 12.8. The molecule has 0 radical (unpaired) electrons. The third kappa shape index (κ3) is 5.50. The number of nitrogens with zero attached hydrogens (tertiary/aromatic N) is 2. The fourth-order valence-electron chi connectivity index (χ4n) is 10.1. The minimum atomic E-state index is -0.446. The first kappa shape index (κ1) is 35.0. The highest BCUT2D eigenvalue weighted by Gasteiger charge is 2.46. The van der Waals surface area contributed by atoms with E-state index in [1.807, 2.05) is 24.3 Å². The molecule has 0 bridgehead atoms. The van der Waals surface area contributed by atoms with Gasteiger partial charge in [0.25, 0.3) is 0 Å². The summed E-state index contributed by atoms with van der Waals surface area (Å²) in [6.45, 7) is 0. The minimum Gasteiger partial charge on any atom is -0.228 e. The highest BCUT2D eigenvalue weighted by molar-refractivity contribution is 6.29. The topological polar surface area (TPSA) is 25.8 Å². The van der Waals surface area contributed by atoms with Crippen molar-refractivity contribution in [3.8, 4) is 56.2 Å². The van der Waals surface area contributed by atoms with Gasteiger partial charge in [-0.05, 0) is 95.0 Å². The maximum absolute atomic E-state index is 5.24. The van der Waals surface area contributed by atoms with Crippen LogP contribution in [0.2, 0.25) is 0 Å². The van der Waals surface area contributed by atoms with Crippen LogP contribution >= 0.6 is 0 Å². The number of fused-ring (bicyclic) bond motifs is 9. The summed E-state index contributed by atoms with van der Waals surface area (Å²) in [6.07, 6.45) is 0. The molecule has 0 saturated carbocycles. The summed E-state index contributed by atoms with van der Waals surface area (Å²) in [7, 11) is 0. The van der Waals surface area contributed by atoms with Gasteiger partial charge in [-0.3, -0.25) is 0 Å². The second-order valence-electron chi connectivity index (χ2n) is 16.0. The summed E-state index contributed by atoms with van der Waals surface area (Å²) in [5, 5.41) is 7.38. The van der Waals surface area contributed by atoms with Crippen molar-refractivity contribution in [1.29, 1.82) is 0 Å². The second-order valence-corrected chi connectivity index (χ2v) is 16.0. The van der Waals surface area contributed by atoms with E-state index in [1.54, 1.807) is 0 Å². The van der Waals surface area contributed by atoms with E-state index in [1.165, 1.54) is 76.8 Å². The summed E-state index contributed by atoms with van der Waals surface area (Å²) >= 11 is 0. The number of hydrogen-bond acceptors (Lipinski definition) is 2. The van der Waals surface area contributed by atoms with Crippen LogP contribution in [0.4, 0.5) is 0 Å². The number of hydrogen-bond donors (Lipinski definition) is 0. The fourth-order valence-corrected chi connectivity index (χ4v) is 10.1. The standard InChI is InChI=1S/C59H38N2/c1-5-18-39(19-6-1)55-38-56(61-58(60-55)40-20-7-2-8-21-40)42-32-34-48-46-26-13-14-27-47(46)50-30-17-29-45(57(50)52(48)37-42)41-33-35-54-51(36-41)49-28-15-16-31-53(49)59(54,43-22-9-3-10-23-43)44-24-11-4-12-25-44/h1-38H. The van der Waals surface area contributed by atoms with Gasteiger partial charge in [0, 0.05) is 16.7 Å². The lowest BCUT2D eigenvalue weighted by Crippen LogP contribution is -2.28. The first-order valence-electron chi connectivity index (χ1n) is 21.0. The van der Waals surface area contributed by atoms with Crippen LogP contribution in [0.3, 0.4) is 0 Å². The molecule has 0 amide bonds. The molecule has 10 aromatic carbocycles. The monoisotopic (exact) mass is 774 g/mol. The molecule has 1 heterocycles. The van der Waals surface area contributed by atoms with Gasteiger partial charge in [0.2, 0.25) is 0 Å². The molecule has 0 aliphatic heterocycles. The van der Waals surface area contributed by atoms with Crippen LogP contribution in [0.1, 0.15) is 22.3 Å². The Morgan fingerprint density at radius 2 is 0.787 bits per heavy atom. The molecular formula is C59H38N2. The molecule has 1 aliphatic carbocycles. The molecule has 0 saturated heterocycles. The van der Waals surface area contributed by atoms with Crippen molar-refractivity contribution in [2.45, 2.75) is 5.41 Å². The molecule has 284 valence electrons. The smallest absolute Gasteiger partial charge is 0.160 e. The molecule has 11 aromatic rings. The maximum Gasteiger partial charge on any atom is 0.160 e. The molecule has 0 N–H and O–H groups in total. The molecule has 0 spiro atoms. The lowest BCUT2D eigenvalue weighted by Gasteiger charge is -2.33. The van der Waals surface area contributed by atoms with Gasteiger partial charge in [-0.15, -0.1) is 0 Å². The Balaban J connectivity index is 1.11. The third-order valence-corrected chi connectivity index (χ3v) is 12.8. The fraction of sp³-hybridized carbons (Fsp3) is 0.0169. The summed E-state index contributed by atoms with van der Waals surface area (Å²) in [6, 6.07) is 83.6. The molecule has 0 unspecified atom stereocenters. The summed E-state index contributed by atoms with van der Waals surface area (Å²) in [4.78, 5) is 10.3. The first-order valence-corrected chi connectivity index (χ1v) is 21.0. The Bertz CT molecular complexity index is 3350. The Hall–Kier alpha value is -7.94. The second kappa shape index (κ2) is 14.1. The van der Waals surface area contributed by atoms with Gasteiger partial charge < -0.3 is 0 Å². The van der Waals surface area contributed by atoms with Gasteiger partial charge in [0.1, 0.15) is 0 Å². The van der Waals surface area contributed by atoms with E-state index in [0.717, 1.165) is 28.1 Å². The van der Waals surface area contributed by atoms with Gasteiger partial charge in [0.05, 0.1) is 16.8 Å². The predicted molar refractivity (Wildman–Crippen MR) is 254 cm³/mol. The molecule has 0 atom stereocenters. The van der Waals surface area contributed by atoms with Crippen LogP contribution < -0.4 is 0 Å². The predicted octanol–water partition coefficient (Wildman–Crippen LogP) is 15.0. The Morgan fingerprint density at radius 1 is 0.279 bits per heavy atom. The summed E-state index contributed by atoms with van der Waals surface area (Å²) < 4.78 is 0. The average Bonchev–Trinajstić information content (AvgIpc) is 3.65. The number of aromatic nitrogens is 2. The lowest BCUT2D eigenvalue weighted by molar-refractivity contribution is 0.768. The average molecular weight is 775 g/mol. The van der Waals surface area contributed by atoms with Crippen molar-refractivity contribution in [3.63, 3.8) is 0 Å². The van der Waals surface area contributed by atoms with Crippen molar-refractivity contribution < 1.29 is 0 Å². The van der Waals surface area contributed by atoms with Gasteiger partial charge in [-0.1, -0.05) is 212 Å². The van der Waals surface area contributed by atoms with E-state index >= 15 is 0 Å². The van der Waals surface area contributed by atoms with Crippen molar-refractivity contribution in [2.24, 2.45) is 0 Å². The molecule has 0 fully saturated rings. The molecule has 61 heavy (non-hydrogen) atoms. The van der Waals surface area contributed by atoms with Crippen LogP contribution in [-0.4, -0.2) is 9.97 Å². The molecule has 2 nitrogen and oxygen atoms in total. The molecule has 1 aromatic heterocycles. The van der Waals surface area contributed by atoms with Gasteiger partial charge in [-0.2, -0.15) is 0 Å². The van der Waals surface area contributed by atoms with Crippen molar-refractivity contribution in [1.82, 2.24) is 9.97 Å². The van der Waals surface area contributed by atoms with Crippen molar-refractivity contribution in [3.05, 3.63) is 253 Å². The van der Waals surface area contributed by atoms with E-state index in [4.69, 9.17) is 9.97 Å². The first-order chi connectivity index (χ1) is 30.3. The van der Waals surface area contributed by atoms with Crippen LogP contribution in [-0.2, 0) is 5.41 Å². The van der Waals surface area contributed by atoms with Crippen molar-refractivity contribution >= 4 is 32.3 Å². The normalized spacial score (nSPS) is 12.7. The Labute approximate surface area is 355 Å². The van der Waals surface area contributed by atoms with E-state index in [-0.39, 0.29) is 0 Å². The quantitative estimate of drug-likeness (QED) is 0.157. The molecule has 2 heteroatoms. The Morgan fingerprint density at radius 3 is 1.49 bits per heavy atom. The summed E-state index contributed by atoms with van der Waals surface area (Å²) in [5.41, 5.74) is 14.5. The van der Waals surface area contributed by atoms with Gasteiger partial charge >= 0.3 is 0 Å². The van der Waals surface area contributed by atoms with Crippen LogP contribution in [0, 0.1) is 0 Å². The molecule has 12 rings (SSSR count). The number of rotatable bonds is 6. The van der Waals surface area contributed by atoms with Crippen molar-refractivity contribution in [2.75, 3.05) is 0 Å². The van der Waals surface area contributed by atoms with E-state index in [2.05, 4.69) is 206 Å². The van der Waals surface area contributed by atoms with Crippen LogP contribution in [0.5, 0.6) is 0 Å². The maximum atomic E-state index is 5.24.